The van der Waals surface area contributed by atoms with Crippen LogP contribution in [0.1, 0.15) is 52.0 Å². The van der Waals surface area contributed by atoms with Gasteiger partial charge in [-0.25, -0.2) is 4.79 Å². The van der Waals surface area contributed by atoms with Gasteiger partial charge in [0.05, 0.1) is 5.41 Å². The minimum atomic E-state index is -0.433. The van der Waals surface area contributed by atoms with Crippen LogP contribution in [-0.2, 0) is 14.9 Å². The smallest absolute Gasteiger partial charge is 0.410 e. The molecule has 2 saturated heterocycles. The second kappa shape index (κ2) is 7.94. The molecule has 174 valence electrons. The highest BCUT2D eigenvalue weighted by molar-refractivity contribution is 6.08. The lowest BCUT2D eigenvalue weighted by Gasteiger charge is -2.39. The zero-order chi connectivity index (χ0) is 22.5. The lowest BCUT2D eigenvalue weighted by atomic mass is 9.96. The van der Waals surface area contributed by atoms with Crippen molar-refractivity contribution in [1.82, 2.24) is 9.80 Å². The van der Waals surface area contributed by atoms with Crippen molar-refractivity contribution in [3.05, 3.63) is 23.8 Å². The van der Waals surface area contributed by atoms with E-state index in [1.807, 2.05) is 25.7 Å². The number of amides is 2. The highest BCUT2D eigenvalue weighted by Crippen LogP contribution is 2.55. The van der Waals surface area contributed by atoms with Crippen LogP contribution in [0.5, 0.6) is 0 Å². The Morgan fingerprint density at radius 1 is 1.09 bits per heavy atom. The average Bonchev–Trinajstić information content (AvgIpc) is 3.51. The number of nitrogens with zero attached hydrogens (tertiary/aromatic N) is 3. The van der Waals surface area contributed by atoms with Crippen LogP contribution < -0.4 is 10.2 Å². The van der Waals surface area contributed by atoms with Gasteiger partial charge in [0.15, 0.2) is 0 Å². The van der Waals surface area contributed by atoms with Crippen LogP contribution in [0.4, 0.5) is 16.2 Å². The van der Waals surface area contributed by atoms with Gasteiger partial charge in [-0.3, -0.25) is 9.69 Å². The van der Waals surface area contributed by atoms with Crippen LogP contribution in [0.2, 0.25) is 0 Å². The molecule has 0 bridgehead atoms. The zero-order valence-corrected chi connectivity index (χ0v) is 19.7. The van der Waals surface area contributed by atoms with Crippen LogP contribution in [0.25, 0.3) is 0 Å². The summed E-state index contributed by atoms with van der Waals surface area (Å²) in [6.07, 6.45) is 3.88. The van der Waals surface area contributed by atoms with E-state index in [0.29, 0.717) is 5.92 Å². The number of anilines is 2. The first-order valence-electron chi connectivity index (χ1n) is 12.1. The summed E-state index contributed by atoms with van der Waals surface area (Å²) < 4.78 is 5.52. The van der Waals surface area contributed by atoms with Crippen LogP contribution in [0.15, 0.2) is 18.2 Å². The number of ether oxygens (including phenoxy) is 1. The fourth-order valence-corrected chi connectivity index (χ4v) is 5.40. The molecule has 3 aliphatic heterocycles. The van der Waals surface area contributed by atoms with E-state index < -0.39 is 5.60 Å². The summed E-state index contributed by atoms with van der Waals surface area (Å²) in [5, 5.41) is 3.06. The van der Waals surface area contributed by atoms with Gasteiger partial charge in [0.25, 0.3) is 0 Å². The number of carbonyl (C=O) groups excluding carboxylic acids is 2. The van der Waals surface area contributed by atoms with E-state index in [2.05, 4.69) is 33.3 Å². The Bertz CT molecular complexity index is 889. The molecule has 1 N–H and O–H groups in total. The fraction of sp³-hybridized carbons (Fsp3) is 0.680. The van der Waals surface area contributed by atoms with Crippen molar-refractivity contribution >= 4 is 23.4 Å². The van der Waals surface area contributed by atoms with Crippen molar-refractivity contribution in [2.75, 3.05) is 56.0 Å². The molecule has 3 heterocycles. The number of piperazine rings is 1. The molecular formula is C25H36N4O3. The van der Waals surface area contributed by atoms with Crippen molar-refractivity contribution in [3.63, 3.8) is 0 Å². The van der Waals surface area contributed by atoms with Gasteiger partial charge in [0, 0.05) is 57.2 Å². The molecule has 1 spiro atoms. The van der Waals surface area contributed by atoms with Gasteiger partial charge < -0.3 is 19.9 Å². The first-order valence-corrected chi connectivity index (χ1v) is 12.1. The van der Waals surface area contributed by atoms with E-state index in [4.69, 9.17) is 4.74 Å². The van der Waals surface area contributed by atoms with E-state index >= 15 is 0 Å². The maximum absolute atomic E-state index is 12.3. The molecule has 2 amide bonds. The van der Waals surface area contributed by atoms with Crippen molar-refractivity contribution in [2.45, 2.75) is 57.5 Å². The molecule has 4 aliphatic rings. The Morgan fingerprint density at radius 2 is 1.78 bits per heavy atom. The maximum Gasteiger partial charge on any atom is 0.410 e. The number of piperidine rings is 1. The molecule has 1 aromatic rings. The van der Waals surface area contributed by atoms with Gasteiger partial charge in [-0.1, -0.05) is 0 Å². The summed E-state index contributed by atoms with van der Waals surface area (Å²) in [4.78, 5) is 31.5. The number of nitrogens with one attached hydrogen (secondary N) is 1. The number of hydrogen-bond acceptors (Lipinski definition) is 5. The molecule has 1 saturated carbocycles. The summed E-state index contributed by atoms with van der Waals surface area (Å²) in [7, 11) is 0. The van der Waals surface area contributed by atoms with Crippen molar-refractivity contribution in [1.29, 1.82) is 0 Å². The van der Waals surface area contributed by atoms with Crippen molar-refractivity contribution in [2.24, 2.45) is 5.92 Å². The van der Waals surface area contributed by atoms with E-state index in [-0.39, 0.29) is 17.4 Å². The molecule has 0 atom stereocenters. The van der Waals surface area contributed by atoms with E-state index in [1.54, 1.807) is 0 Å². The Morgan fingerprint density at radius 3 is 2.41 bits per heavy atom. The second-order valence-electron chi connectivity index (χ2n) is 11.0. The largest absolute Gasteiger partial charge is 0.444 e. The lowest BCUT2D eigenvalue weighted by molar-refractivity contribution is -0.117. The number of likely N-dealkylation sites (tertiary alicyclic amines) is 1. The topological polar surface area (TPSA) is 65.1 Å². The van der Waals surface area contributed by atoms with Crippen LogP contribution in [-0.4, -0.2) is 73.2 Å². The molecule has 0 unspecified atom stereocenters. The molecule has 0 radical (unpaired) electrons. The SMILES string of the molecule is CC(C)(C)OC(=O)N1CCC(CN2CCN(c3ccc4c(c3)C3(CC3)C(=O)N4)CC2)CC1. The zero-order valence-electron chi connectivity index (χ0n) is 19.7. The third-order valence-electron chi connectivity index (χ3n) is 7.47. The van der Waals surface area contributed by atoms with Crippen LogP contribution in [0, 0.1) is 5.92 Å². The van der Waals surface area contributed by atoms with Crippen LogP contribution >= 0.6 is 0 Å². The molecule has 0 aromatic heterocycles. The normalized spacial score (nSPS) is 23.3. The number of carbonyl (C=O) groups is 2. The predicted octanol–water partition coefficient (Wildman–Crippen LogP) is 3.44. The van der Waals surface area contributed by atoms with Gasteiger partial charge in [0.2, 0.25) is 5.91 Å². The predicted molar refractivity (Wildman–Crippen MR) is 125 cm³/mol. The number of rotatable bonds is 3. The van der Waals surface area contributed by atoms with E-state index in [9.17, 15) is 9.59 Å². The van der Waals surface area contributed by atoms with Crippen molar-refractivity contribution in [3.8, 4) is 0 Å². The summed E-state index contributed by atoms with van der Waals surface area (Å²) in [5.74, 6) is 0.833. The molecule has 3 fully saturated rings. The Balaban J connectivity index is 1.09. The molecule has 32 heavy (non-hydrogen) atoms. The number of fused-ring (bicyclic) bond motifs is 2. The number of benzene rings is 1. The second-order valence-corrected chi connectivity index (χ2v) is 11.0. The Labute approximate surface area is 191 Å². The van der Waals surface area contributed by atoms with Gasteiger partial charge in [-0.15, -0.1) is 0 Å². The van der Waals surface area contributed by atoms with E-state index in [1.165, 1.54) is 11.3 Å². The van der Waals surface area contributed by atoms with Gasteiger partial charge >= 0.3 is 6.09 Å². The highest BCUT2D eigenvalue weighted by atomic mass is 16.6. The quantitative estimate of drug-likeness (QED) is 0.780. The summed E-state index contributed by atoms with van der Waals surface area (Å²) in [6.45, 7) is 12.6. The Hall–Kier alpha value is -2.28. The van der Waals surface area contributed by atoms with Crippen LogP contribution in [0.3, 0.4) is 0 Å². The summed E-state index contributed by atoms with van der Waals surface area (Å²) >= 11 is 0. The maximum atomic E-state index is 12.3. The monoisotopic (exact) mass is 440 g/mol. The lowest BCUT2D eigenvalue weighted by Crippen LogP contribution is -2.49. The highest BCUT2D eigenvalue weighted by Gasteiger charge is 2.56. The summed E-state index contributed by atoms with van der Waals surface area (Å²) in [6, 6.07) is 6.49. The number of hydrogen-bond donors (Lipinski definition) is 1. The first-order chi connectivity index (χ1) is 15.2. The average molecular weight is 441 g/mol. The molecular weight excluding hydrogens is 404 g/mol. The minimum absolute atomic E-state index is 0.177. The van der Waals surface area contributed by atoms with Crippen molar-refractivity contribution < 1.29 is 14.3 Å². The standard InChI is InChI=1S/C25H36N4O3/c1-24(2,3)32-23(31)29-10-6-18(7-11-29)17-27-12-14-28(15-13-27)19-4-5-21-20(16-19)25(8-9-25)22(30)26-21/h4-5,16,18H,6-15,17H2,1-3H3,(H,26,30). The molecule has 7 nitrogen and oxygen atoms in total. The molecule has 1 aromatic carbocycles. The van der Waals surface area contributed by atoms with E-state index in [0.717, 1.165) is 77.2 Å². The Kier molecular flexibility index (Phi) is 5.35. The van der Waals surface area contributed by atoms with Gasteiger partial charge in [-0.2, -0.15) is 0 Å². The van der Waals surface area contributed by atoms with Gasteiger partial charge in [-0.05, 0) is 76.1 Å². The minimum Gasteiger partial charge on any atom is -0.444 e. The molecule has 5 rings (SSSR count). The summed E-state index contributed by atoms with van der Waals surface area (Å²) in [5.41, 5.74) is 2.81. The first kappa shape index (κ1) is 21.6. The third kappa shape index (κ3) is 4.19. The fourth-order valence-electron chi connectivity index (χ4n) is 5.40. The third-order valence-corrected chi connectivity index (χ3v) is 7.47. The van der Waals surface area contributed by atoms with Gasteiger partial charge in [0.1, 0.15) is 5.60 Å². The molecule has 7 heteroatoms. The molecule has 1 aliphatic carbocycles.